The molecule has 1 aromatic heterocycles. The first kappa shape index (κ1) is 13.1. The van der Waals surface area contributed by atoms with Gasteiger partial charge in [-0.2, -0.15) is 0 Å². The van der Waals surface area contributed by atoms with Crippen molar-refractivity contribution < 1.29 is 22.8 Å². The lowest BCUT2D eigenvalue weighted by molar-refractivity contribution is 0.146. The Morgan fingerprint density at radius 1 is 1.16 bits per heavy atom. The van der Waals surface area contributed by atoms with Crippen molar-refractivity contribution in [1.82, 2.24) is 5.16 Å². The first-order valence-corrected chi connectivity index (χ1v) is 5.33. The maximum atomic E-state index is 12.9. The molecule has 2 N–H and O–H groups in total. The summed E-state index contributed by atoms with van der Waals surface area (Å²) in [5, 5.41) is 3.72. The molecule has 0 amide bonds. The van der Waals surface area contributed by atoms with E-state index in [1.807, 2.05) is 0 Å². The summed E-state index contributed by atoms with van der Waals surface area (Å²) in [6.45, 7) is 0. The van der Waals surface area contributed by atoms with E-state index in [4.69, 9.17) is 19.7 Å². The lowest BCUT2D eigenvalue weighted by atomic mass is 10.1. The number of nitrogens with two attached hydrogens (primary N) is 1. The number of nitrogen functional groups attached to an aromatic ring is 1. The van der Waals surface area contributed by atoms with E-state index in [9.17, 15) is 8.78 Å². The van der Waals surface area contributed by atoms with Crippen molar-refractivity contribution in [3.05, 3.63) is 23.8 Å². The van der Waals surface area contributed by atoms with Gasteiger partial charge in [0.2, 0.25) is 5.88 Å². The van der Waals surface area contributed by atoms with Crippen LogP contribution in [-0.2, 0) is 0 Å². The Morgan fingerprint density at radius 3 is 2.32 bits per heavy atom. The number of aromatic nitrogens is 1. The normalized spacial score (nSPS) is 10.8. The fraction of sp³-hybridized carbons (Fsp3) is 0.250. The minimum atomic E-state index is -2.67. The molecule has 19 heavy (non-hydrogen) atoms. The maximum absolute atomic E-state index is 12.9. The van der Waals surface area contributed by atoms with Crippen molar-refractivity contribution in [3.8, 4) is 22.8 Å². The zero-order valence-corrected chi connectivity index (χ0v) is 10.3. The van der Waals surface area contributed by atoms with Crippen LogP contribution in [0.2, 0.25) is 0 Å². The molecule has 0 atom stereocenters. The Balaban J connectivity index is 2.60. The fourth-order valence-electron chi connectivity index (χ4n) is 1.71. The number of hydrogen-bond acceptors (Lipinski definition) is 5. The van der Waals surface area contributed by atoms with E-state index in [1.165, 1.54) is 32.4 Å². The zero-order chi connectivity index (χ0) is 14.0. The van der Waals surface area contributed by atoms with Gasteiger partial charge in [-0.15, -0.1) is 0 Å². The number of halogens is 2. The van der Waals surface area contributed by atoms with Crippen LogP contribution in [0.4, 0.5) is 14.7 Å². The molecule has 2 aromatic rings. The Labute approximate surface area is 107 Å². The second-order valence-corrected chi connectivity index (χ2v) is 3.71. The fourth-order valence-corrected chi connectivity index (χ4v) is 1.71. The molecule has 0 fully saturated rings. The third kappa shape index (κ3) is 2.44. The van der Waals surface area contributed by atoms with Gasteiger partial charge >= 0.3 is 0 Å². The van der Waals surface area contributed by atoms with E-state index < -0.39 is 6.43 Å². The van der Waals surface area contributed by atoms with Crippen molar-refractivity contribution in [3.63, 3.8) is 0 Å². The molecule has 0 spiro atoms. The third-order valence-corrected chi connectivity index (χ3v) is 2.59. The second-order valence-electron chi connectivity index (χ2n) is 3.71. The Morgan fingerprint density at radius 2 is 1.84 bits per heavy atom. The highest BCUT2D eigenvalue weighted by atomic mass is 19.3. The van der Waals surface area contributed by atoms with Crippen molar-refractivity contribution in [2.75, 3.05) is 20.0 Å². The molecule has 5 nitrogen and oxygen atoms in total. The number of rotatable bonds is 4. The predicted molar refractivity (Wildman–Crippen MR) is 64.4 cm³/mol. The summed E-state index contributed by atoms with van der Waals surface area (Å²) in [6, 6.07) is 4.10. The third-order valence-electron chi connectivity index (χ3n) is 2.59. The van der Waals surface area contributed by atoms with Crippen LogP contribution < -0.4 is 15.2 Å². The summed E-state index contributed by atoms with van der Waals surface area (Å²) in [4.78, 5) is 0. The molecule has 0 radical (unpaired) electrons. The molecule has 0 aliphatic rings. The average Bonchev–Trinajstić information content (AvgIpc) is 2.83. The highest BCUT2D eigenvalue weighted by Gasteiger charge is 2.20. The van der Waals surface area contributed by atoms with Gasteiger partial charge in [-0.3, -0.25) is 0 Å². The SMILES string of the molecule is COc1cc(C(F)F)c(OC)cc1-c1cc(N)on1. The van der Waals surface area contributed by atoms with Gasteiger partial charge < -0.3 is 19.7 Å². The molecular formula is C12H12F2N2O3. The van der Waals surface area contributed by atoms with Crippen molar-refractivity contribution in [2.45, 2.75) is 6.43 Å². The molecule has 1 heterocycles. The Bertz CT molecular complexity index is 584. The molecule has 1 aromatic carbocycles. The molecule has 2 rings (SSSR count). The average molecular weight is 270 g/mol. The minimum absolute atomic E-state index is 0.0485. The summed E-state index contributed by atoms with van der Waals surface area (Å²) < 4.78 is 40.5. The van der Waals surface area contributed by atoms with Crippen LogP contribution in [0.1, 0.15) is 12.0 Å². The van der Waals surface area contributed by atoms with Gasteiger partial charge in [-0.05, 0) is 12.1 Å². The first-order valence-electron chi connectivity index (χ1n) is 5.33. The van der Waals surface area contributed by atoms with Gasteiger partial charge in [0, 0.05) is 11.6 Å². The van der Waals surface area contributed by atoms with Crippen molar-refractivity contribution in [1.29, 1.82) is 0 Å². The van der Waals surface area contributed by atoms with Crippen LogP contribution >= 0.6 is 0 Å². The quantitative estimate of drug-likeness (QED) is 0.924. The van der Waals surface area contributed by atoms with Crippen LogP contribution in [-0.4, -0.2) is 19.4 Å². The van der Waals surface area contributed by atoms with E-state index in [0.717, 1.165) is 0 Å². The van der Waals surface area contributed by atoms with Crippen LogP contribution in [0.5, 0.6) is 11.5 Å². The minimum Gasteiger partial charge on any atom is -0.496 e. The zero-order valence-electron chi connectivity index (χ0n) is 10.3. The molecule has 0 aliphatic carbocycles. The molecule has 0 saturated heterocycles. The lowest BCUT2D eigenvalue weighted by Crippen LogP contribution is -1.97. The Hall–Kier alpha value is -2.31. The van der Waals surface area contributed by atoms with Crippen LogP contribution in [0.15, 0.2) is 22.7 Å². The number of methoxy groups -OCH3 is 2. The number of alkyl halides is 2. The molecule has 0 saturated carbocycles. The molecule has 102 valence electrons. The second kappa shape index (κ2) is 5.13. The number of anilines is 1. The van der Waals surface area contributed by atoms with E-state index in [0.29, 0.717) is 11.3 Å². The number of hydrogen-bond donors (Lipinski definition) is 1. The summed E-state index contributed by atoms with van der Waals surface area (Å²) in [5.74, 6) is 0.408. The summed E-state index contributed by atoms with van der Waals surface area (Å²) >= 11 is 0. The summed E-state index contributed by atoms with van der Waals surface area (Å²) in [5.41, 5.74) is 6.03. The Kier molecular flexibility index (Phi) is 3.55. The smallest absolute Gasteiger partial charge is 0.267 e. The van der Waals surface area contributed by atoms with Crippen molar-refractivity contribution in [2.24, 2.45) is 0 Å². The number of ether oxygens (including phenoxy) is 2. The molecule has 0 aliphatic heterocycles. The first-order chi connectivity index (χ1) is 9.06. The molecule has 0 unspecified atom stereocenters. The highest BCUT2D eigenvalue weighted by Crippen LogP contribution is 2.39. The largest absolute Gasteiger partial charge is 0.496 e. The van der Waals surface area contributed by atoms with Gasteiger partial charge in [-0.1, -0.05) is 5.16 Å². The number of nitrogens with zero attached hydrogens (tertiary/aromatic N) is 1. The highest BCUT2D eigenvalue weighted by molar-refractivity contribution is 5.71. The van der Waals surface area contributed by atoms with E-state index >= 15 is 0 Å². The van der Waals surface area contributed by atoms with Crippen LogP contribution in [0.25, 0.3) is 11.3 Å². The molecular weight excluding hydrogens is 258 g/mol. The standard InChI is InChI=1S/C12H12F2N2O3/c1-17-9-4-7(12(13)14)10(18-2)3-6(9)8-5-11(15)19-16-8/h3-5,12H,15H2,1-2H3. The topological polar surface area (TPSA) is 70.5 Å². The van der Waals surface area contributed by atoms with Gasteiger partial charge in [0.15, 0.2) is 0 Å². The van der Waals surface area contributed by atoms with Crippen molar-refractivity contribution >= 4 is 5.88 Å². The van der Waals surface area contributed by atoms with Crippen LogP contribution in [0, 0.1) is 0 Å². The summed E-state index contributed by atoms with van der Waals surface area (Å²) in [6.07, 6.45) is -2.67. The predicted octanol–water partition coefficient (Wildman–Crippen LogP) is 2.88. The van der Waals surface area contributed by atoms with Gasteiger partial charge in [0.05, 0.1) is 19.8 Å². The lowest BCUT2D eigenvalue weighted by Gasteiger charge is -2.13. The monoisotopic (exact) mass is 270 g/mol. The van der Waals surface area contributed by atoms with Crippen LogP contribution in [0.3, 0.4) is 0 Å². The van der Waals surface area contributed by atoms with Gasteiger partial charge in [-0.25, -0.2) is 8.78 Å². The number of benzene rings is 1. The van der Waals surface area contributed by atoms with E-state index in [-0.39, 0.29) is 22.9 Å². The molecule has 7 heteroatoms. The molecule has 0 bridgehead atoms. The summed E-state index contributed by atoms with van der Waals surface area (Å²) in [7, 11) is 2.69. The van der Waals surface area contributed by atoms with Gasteiger partial charge in [0.25, 0.3) is 6.43 Å². The van der Waals surface area contributed by atoms with E-state index in [2.05, 4.69) is 5.16 Å². The van der Waals surface area contributed by atoms with E-state index in [1.54, 1.807) is 0 Å². The maximum Gasteiger partial charge on any atom is 0.267 e. The van der Waals surface area contributed by atoms with Gasteiger partial charge in [0.1, 0.15) is 17.2 Å².